The van der Waals surface area contributed by atoms with E-state index in [0.717, 1.165) is 33.1 Å². The standard InChI is InChI=1S/C27H23NO3S/c29-18-25(16-20-6-2-1-3-7-20)28-27(30)23-12-10-21(11-13-23)19-32(31)26-15-14-22-8-4-5-9-24(22)17-26/h1-15,17-18,25H,16,19H2,(H,28,30)/t25-,32?/m0/s1. The number of hydrogen-bond donors (Lipinski definition) is 1. The molecule has 160 valence electrons. The zero-order valence-corrected chi connectivity index (χ0v) is 18.3. The molecule has 2 atom stereocenters. The van der Waals surface area contributed by atoms with Crippen molar-refractivity contribution in [2.24, 2.45) is 0 Å². The average molecular weight is 442 g/mol. The molecule has 0 heterocycles. The molecular formula is C27H23NO3S. The molecule has 1 N–H and O–H groups in total. The molecule has 4 rings (SSSR count). The smallest absolute Gasteiger partial charge is 0.251 e. The number of nitrogens with one attached hydrogen (secondary N) is 1. The molecule has 1 unspecified atom stereocenters. The Balaban J connectivity index is 1.38. The van der Waals surface area contributed by atoms with E-state index in [1.807, 2.05) is 72.8 Å². The lowest BCUT2D eigenvalue weighted by molar-refractivity contribution is -0.109. The van der Waals surface area contributed by atoms with Crippen LogP contribution in [0.4, 0.5) is 0 Å². The molecule has 0 aliphatic heterocycles. The summed E-state index contributed by atoms with van der Waals surface area (Å²) in [5.41, 5.74) is 2.32. The second-order valence-corrected chi connectivity index (χ2v) is 9.05. The van der Waals surface area contributed by atoms with Gasteiger partial charge in [-0.2, -0.15) is 0 Å². The molecule has 0 spiro atoms. The van der Waals surface area contributed by atoms with E-state index in [1.54, 1.807) is 24.3 Å². The summed E-state index contributed by atoms with van der Waals surface area (Å²) in [7, 11) is -1.19. The lowest BCUT2D eigenvalue weighted by atomic mass is 10.1. The highest BCUT2D eigenvalue weighted by atomic mass is 32.2. The van der Waals surface area contributed by atoms with Crippen molar-refractivity contribution in [2.45, 2.75) is 23.1 Å². The van der Waals surface area contributed by atoms with Gasteiger partial charge in [0, 0.05) is 10.5 Å². The number of carbonyl (C=O) groups excluding carboxylic acids is 2. The number of aldehydes is 1. The van der Waals surface area contributed by atoms with Gasteiger partial charge in [0.25, 0.3) is 5.91 Å². The molecule has 0 saturated carbocycles. The number of fused-ring (bicyclic) bond motifs is 1. The molecule has 0 aliphatic rings. The molecule has 32 heavy (non-hydrogen) atoms. The average Bonchev–Trinajstić information content (AvgIpc) is 2.84. The van der Waals surface area contributed by atoms with Crippen LogP contribution >= 0.6 is 0 Å². The molecule has 0 saturated heterocycles. The van der Waals surface area contributed by atoms with E-state index < -0.39 is 16.8 Å². The third kappa shape index (κ3) is 5.37. The van der Waals surface area contributed by atoms with Crippen molar-refractivity contribution in [3.63, 3.8) is 0 Å². The van der Waals surface area contributed by atoms with Crippen LogP contribution in [0.2, 0.25) is 0 Å². The normalized spacial score (nSPS) is 12.8. The van der Waals surface area contributed by atoms with Crippen LogP contribution in [0.25, 0.3) is 10.8 Å². The van der Waals surface area contributed by atoms with Gasteiger partial charge in [-0.3, -0.25) is 9.00 Å². The summed E-state index contributed by atoms with van der Waals surface area (Å²) in [6, 6.07) is 29.8. The summed E-state index contributed by atoms with van der Waals surface area (Å²) in [5, 5.41) is 4.94. The molecule has 0 bridgehead atoms. The fraction of sp³-hybridized carbons (Fsp3) is 0.111. The molecule has 1 amide bonds. The van der Waals surface area contributed by atoms with Crippen molar-refractivity contribution in [3.8, 4) is 0 Å². The number of hydrogen-bond acceptors (Lipinski definition) is 3. The van der Waals surface area contributed by atoms with E-state index in [4.69, 9.17) is 0 Å². The van der Waals surface area contributed by atoms with Gasteiger partial charge >= 0.3 is 0 Å². The van der Waals surface area contributed by atoms with Crippen molar-refractivity contribution in [1.29, 1.82) is 0 Å². The van der Waals surface area contributed by atoms with Gasteiger partial charge in [-0.1, -0.05) is 72.8 Å². The number of carbonyl (C=O) groups is 2. The van der Waals surface area contributed by atoms with Crippen molar-refractivity contribution < 1.29 is 13.8 Å². The fourth-order valence-electron chi connectivity index (χ4n) is 3.55. The monoisotopic (exact) mass is 441 g/mol. The van der Waals surface area contributed by atoms with E-state index in [1.165, 1.54) is 0 Å². The molecule has 0 fully saturated rings. The molecule has 4 aromatic rings. The Morgan fingerprint density at radius 1 is 0.812 bits per heavy atom. The Labute approximate surface area is 189 Å². The van der Waals surface area contributed by atoms with Gasteiger partial charge in [0.2, 0.25) is 0 Å². The number of benzene rings is 4. The quantitative estimate of drug-likeness (QED) is 0.404. The van der Waals surface area contributed by atoms with Gasteiger partial charge in [0.15, 0.2) is 0 Å². The van der Waals surface area contributed by atoms with E-state index in [2.05, 4.69) is 5.32 Å². The molecular weight excluding hydrogens is 418 g/mol. The Bertz CT molecular complexity index is 1250. The maximum atomic E-state index is 12.8. The molecule has 0 radical (unpaired) electrons. The second-order valence-electron chi connectivity index (χ2n) is 7.60. The minimum Gasteiger partial charge on any atom is -0.342 e. The highest BCUT2D eigenvalue weighted by molar-refractivity contribution is 7.84. The summed E-state index contributed by atoms with van der Waals surface area (Å²) in [6.45, 7) is 0. The van der Waals surface area contributed by atoms with Gasteiger partial charge in [0.1, 0.15) is 6.29 Å². The number of amides is 1. The van der Waals surface area contributed by atoms with Crippen molar-refractivity contribution in [3.05, 3.63) is 114 Å². The van der Waals surface area contributed by atoms with Gasteiger partial charge < -0.3 is 10.1 Å². The first-order valence-corrected chi connectivity index (χ1v) is 11.7. The Kier molecular flexibility index (Phi) is 6.87. The summed E-state index contributed by atoms with van der Waals surface area (Å²) >= 11 is 0. The van der Waals surface area contributed by atoms with E-state index in [-0.39, 0.29) is 5.91 Å². The Morgan fingerprint density at radius 2 is 1.50 bits per heavy atom. The first kappa shape index (κ1) is 21.7. The van der Waals surface area contributed by atoms with E-state index in [0.29, 0.717) is 17.7 Å². The Hall–Kier alpha value is -3.57. The van der Waals surface area contributed by atoms with Crippen LogP contribution in [0, 0.1) is 0 Å². The minimum absolute atomic E-state index is 0.305. The second kappa shape index (κ2) is 10.2. The van der Waals surface area contributed by atoms with Crippen LogP contribution in [-0.2, 0) is 27.8 Å². The molecule has 4 aromatic carbocycles. The van der Waals surface area contributed by atoms with Gasteiger partial charge in [-0.05, 0) is 52.6 Å². The third-order valence-electron chi connectivity index (χ3n) is 5.28. The van der Waals surface area contributed by atoms with Crippen molar-refractivity contribution >= 4 is 33.8 Å². The third-order valence-corrected chi connectivity index (χ3v) is 6.65. The first-order valence-electron chi connectivity index (χ1n) is 10.4. The van der Waals surface area contributed by atoms with Crippen molar-refractivity contribution in [1.82, 2.24) is 5.32 Å². The van der Waals surface area contributed by atoms with Crippen LogP contribution in [0.3, 0.4) is 0 Å². The topological polar surface area (TPSA) is 63.2 Å². The summed E-state index contributed by atoms with van der Waals surface area (Å²) in [5.74, 6) is 0.0609. The zero-order chi connectivity index (χ0) is 22.3. The number of rotatable bonds is 8. The summed E-state index contributed by atoms with van der Waals surface area (Å²) < 4.78 is 12.8. The molecule has 0 aromatic heterocycles. The maximum absolute atomic E-state index is 12.8. The van der Waals surface area contributed by atoms with Gasteiger partial charge in [0.05, 0.1) is 22.6 Å². The van der Waals surface area contributed by atoms with E-state index >= 15 is 0 Å². The predicted octanol–water partition coefficient (Wildman–Crippen LogP) is 4.69. The first-order chi connectivity index (χ1) is 15.6. The Morgan fingerprint density at radius 3 is 2.22 bits per heavy atom. The maximum Gasteiger partial charge on any atom is 0.251 e. The highest BCUT2D eigenvalue weighted by Crippen LogP contribution is 2.20. The van der Waals surface area contributed by atoms with Gasteiger partial charge in [-0.25, -0.2) is 0 Å². The van der Waals surface area contributed by atoms with Crippen LogP contribution in [-0.4, -0.2) is 22.4 Å². The van der Waals surface area contributed by atoms with Crippen LogP contribution in [0.5, 0.6) is 0 Å². The minimum atomic E-state index is -1.19. The molecule has 4 nitrogen and oxygen atoms in total. The summed E-state index contributed by atoms with van der Waals surface area (Å²) in [6.07, 6.45) is 1.20. The van der Waals surface area contributed by atoms with Crippen LogP contribution in [0.15, 0.2) is 102 Å². The largest absolute Gasteiger partial charge is 0.342 e. The lowest BCUT2D eigenvalue weighted by Crippen LogP contribution is -2.37. The van der Waals surface area contributed by atoms with Crippen molar-refractivity contribution in [2.75, 3.05) is 0 Å². The van der Waals surface area contributed by atoms with Crippen LogP contribution < -0.4 is 5.32 Å². The molecule has 5 heteroatoms. The zero-order valence-electron chi connectivity index (χ0n) is 17.4. The lowest BCUT2D eigenvalue weighted by Gasteiger charge is -2.13. The SMILES string of the molecule is O=C[C@H](Cc1ccccc1)NC(=O)c1ccc(CS(=O)c2ccc3ccccc3c2)cc1. The molecule has 0 aliphatic carbocycles. The predicted molar refractivity (Wildman–Crippen MR) is 128 cm³/mol. The van der Waals surface area contributed by atoms with E-state index in [9.17, 15) is 13.8 Å². The highest BCUT2D eigenvalue weighted by Gasteiger charge is 2.14. The summed E-state index contributed by atoms with van der Waals surface area (Å²) in [4.78, 5) is 24.8. The fourth-order valence-corrected chi connectivity index (χ4v) is 4.69. The van der Waals surface area contributed by atoms with Crippen LogP contribution in [0.1, 0.15) is 21.5 Å². The van der Waals surface area contributed by atoms with Gasteiger partial charge in [-0.15, -0.1) is 0 Å².